The maximum atomic E-state index is 11.1. The van der Waals surface area contributed by atoms with Crippen LogP contribution in [0.1, 0.15) is 11.4 Å². The number of nitrogens with zero attached hydrogens (tertiary/aromatic N) is 3. The van der Waals surface area contributed by atoms with Crippen molar-refractivity contribution in [1.29, 1.82) is 0 Å². The van der Waals surface area contributed by atoms with Crippen molar-refractivity contribution >= 4 is 5.69 Å². The lowest BCUT2D eigenvalue weighted by atomic mass is 10.0. The van der Waals surface area contributed by atoms with Gasteiger partial charge >= 0.3 is 0 Å². The van der Waals surface area contributed by atoms with Gasteiger partial charge in [-0.25, -0.2) is 0 Å². The third-order valence-electron chi connectivity index (χ3n) is 2.99. The molecule has 0 radical (unpaired) electrons. The maximum Gasteiger partial charge on any atom is 0.288 e. The average molecular weight is 227 g/mol. The Morgan fingerprint density at radius 1 is 1.18 bits per heavy atom. The van der Waals surface area contributed by atoms with Gasteiger partial charge in [0.25, 0.3) is 5.69 Å². The highest BCUT2D eigenvalue weighted by molar-refractivity contribution is 6.01. The molecule has 5 nitrogen and oxygen atoms in total. The minimum absolute atomic E-state index is 0.144. The van der Waals surface area contributed by atoms with Gasteiger partial charge in [-0.3, -0.25) is 20.1 Å². The number of aromatic nitrogens is 2. The van der Waals surface area contributed by atoms with E-state index in [2.05, 4.69) is 9.97 Å². The van der Waals surface area contributed by atoms with Gasteiger partial charge in [0.15, 0.2) is 0 Å². The molecule has 2 bridgehead atoms. The molecular weight excluding hydrogens is 218 g/mol. The van der Waals surface area contributed by atoms with Crippen molar-refractivity contribution in [2.75, 3.05) is 0 Å². The fourth-order valence-electron chi connectivity index (χ4n) is 2.41. The Balaban J connectivity index is 2.45. The molecular formula is C12H9N3O2. The number of nitro groups is 1. The molecule has 0 fully saturated rings. The van der Waals surface area contributed by atoms with Crippen LogP contribution in [0.25, 0.3) is 22.3 Å². The minimum Gasteiger partial charge on any atom is -0.263 e. The monoisotopic (exact) mass is 227 g/mol. The lowest BCUT2D eigenvalue weighted by Gasteiger charge is -2.03. The molecule has 2 aromatic heterocycles. The first kappa shape index (κ1) is 9.89. The minimum atomic E-state index is -0.346. The molecule has 0 N–H and O–H groups in total. The quantitative estimate of drug-likeness (QED) is 0.473. The molecule has 5 heteroatoms. The van der Waals surface area contributed by atoms with Crippen LogP contribution in [0.5, 0.6) is 0 Å². The summed E-state index contributed by atoms with van der Waals surface area (Å²) in [7, 11) is 0. The third kappa shape index (κ3) is 1.19. The Bertz CT molecular complexity index is 665. The van der Waals surface area contributed by atoms with Crippen LogP contribution in [-0.4, -0.2) is 14.9 Å². The standard InChI is InChI=1S/C12H9N3O2/c1-6-3-8-9-4-13-5-10(12(9)15(16)17)11(8)7(2)14-6/h3-5H,1-2H3. The summed E-state index contributed by atoms with van der Waals surface area (Å²) in [5, 5.41) is 11.1. The highest BCUT2D eigenvalue weighted by Gasteiger charge is 2.33. The van der Waals surface area contributed by atoms with Crippen LogP contribution >= 0.6 is 0 Å². The van der Waals surface area contributed by atoms with Gasteiger partial charge in [-0.15, -0.1) is 0 Å². The van der Waals surface area contributed by atoms with Crippen LogP contribution in [-0.2, 0) is 0 Å². The summed E-state index contributed by atoms with van der Waals surface area (Å²) >= 11 is 0. The number of fused-ring (bicyclic) bond motifs is 5. The van der Waals surface area contributed by atoms with Gasteiger partial charge in [0, 0.05) is 34.9 Å². The number of aryl methyl sites for hydroxylation is 2. The molecule has 0 amide bonds. The van der Waals surface area contributed by atoms with E-state index in [1.54, 1.807) is 6.20 Å². The number of pyridine rings is 2. The summed E-state index contributed by atoms with van der Waals surface area (Å²) < 4.78 is 0. The normalized spacial score (nSPS) is 11.4. The summed E-state index contributed by atoms with van der Waals surface area (Å²) in [5.41, 5.74) is 4.70. The molecule has 0 aliphatic heterocycles. The van der Waals surface area contributed by atoms with Gasteiger partial charge in [0.2, 0.25) is 0 Å². The summed E-state index contributed by atoms with van der Waals surface area (Å²) in [6, 6.07) is 1.87. The van der Waals surface area contributed by atoms with E-state index >= 15 is 0 Å². The fraction of sp³-hybridized carbons (Fsp3) is 0.167. The van der Waals surface area contributed by atoms with Crippen LogP contribution in [0.4, 0.5) is 5.69 Å². The molecule has 0 atom stereocenters. The van der Waals surface area contributed by atoms with E-state index in [1.807, 2.05) is 19.9 Å². The number of rotatable bonds is 1. The van der Waals surface area contributed by atoms with Crippen LogP contribution in [0.3, 0.4) is 0 Å². The van der Waals surface area contributed by atoms with Crippen molar-refractivity contribution in [3.8, 4) is 22.3 Å². The molecule has 0 saturated heterocycles. The smallest absolute Gasteiger partial charge is 0.263 e. The predicted octanol–water partition coefficient (Wildman–Crippen LogP) is 2.65. The second kappa shape index (κ2) is 3.10. The third-order valence-corrected chi connectivity index (χ3v) is 2.99. The van der Waals surface area contributed by atoms with E-state index in [0.717, 1.165) is 22.5 Å². The van der Waals surface area contributed by atoms with Crippen LogP contribution in [0.2, 0.25) is 0 Å². The molecule has 0 unspecified atom stereocenters. The van der Waals surface area contributed by atoms with Crippen molar-refractivity contribution in [3.05, 3.63) is 40.0 Å². The lowest BCUT2D eigenvalue weighted by molar-refractivity contribution is -0.383. The summed E-state index contributed by atoms with van der Waals surface area (Å²) in [5.74, 6) is 0. The molecule has 84 valence electrons. The number of hydrogen-bond acceptors (Lipinski definition) is 4. The summed E-state index contributed by atoms with van der Waals surface area (Å²) in [6.07, 6.45) is 3.09. The topological polar surface area (TPSA) is 68.9 Å². The van der Waals surface area contributed by atoms with E-state index in [1.165, 1.54) is 6.20 Å². The molecule has 0 spiro atoms. The van der Waals surface area contributed by atoms with Gasteiger partial charge in [0.05, 0.1) is 16.1 Å². The van der Waals surface area contributed by atoms with Crippen molar-refractivity contribution in [2.24, 2.45) is 0 Å². The molecule has 3 rings (SSSR count). The Morgan fingerprint density at radius 3 is 2.59 bits per heavy atom. The Morgan fingerprint density at radius 2 is 1.88 bits per heavy atom. The predicted molar refractivity (Wildman–Crippen MR) is 62.6 cm³/mol. The molecule has 17 heavy (non-hydrogen) atoms. The van der Waals surface area contributed by atoms with Gasteiger partial charge < -0.3 is 0 Å². The van der Waals surface area contributed by atoms with Crippen LogP contribution in [0.15, 0.2) is 18.5 Å². The van der Waals surface area contributed by atoms with E-state index < -0.39 is 0 Å². The molecule has 0 saturated carbocycles. The molecule has 2 heterocycles. The van der Waals surface area contributed by atoms with Crippen LogP contribution < -0.4 is 0 Å². The SMILES string of the molecule is Cc1cc2c(c(C)n1)-c1cncc-2c1[N+](=O)[O-]. The van der Waals surface area contributed by atoms with E-state index in [4.69, 9.17) is 0 Å². The second-order valence-electron chi connectivity index (χ2n) is 4.11. The summed E-state index contributed by atoms with van der Waals surface area (Å²) in [4.78, 5) is 19.2. The van der Waals surface area contributed by atoms with Gasteiger partial charge in [-0.1, -0.05) is 0 Å². The lowest BCUT2D eigenvalue weighted by Crippen LogP contribution is -1.91. The fourth-order valence-corrected chi connectivity index (χ4v) is 2.41. The van der Waals surface area contributed by atoms with Gasteiger partial charge in [-0.05, 0) is 19.9 Å². The van der Waals surface area contributed by atoms with Crippen LogP contribution in [0, 0.1) is 24.0 Å². The van der Waals surface area contributed by atoms with E-state index in [9.17, 15) is 10.1 Å². The second-order valence-corrected chi connectivity index (χ2v) is 4.11. The zero-order valence-electron chi connectivity index (χ0n) is 9.39. The van der Waals surface area contributed by atoms with Crippen molar-refractivity contribution in [2.45, 2.75) is 13.8 Å². The van der Waals surface area contributed by atoms with E-state index in [-0.39, 0.29) is 10.6 Å². The summed E-state index contributed by atoms with van der Waals surface area (Å²) in [6.45, 7) is 3.75. The molecule has 1 aliphatic rings. The van der Waals surface area contributed by atoms with Crippen molar-refractivity contribution in [3.63, 3.8) is 0 Å². The van der Waals surface area contributed by atoms with Gasteiger partial charge in [0.1, 0.15) is 0 Å². The highest BCUT2D eigenvalue weighted by atomic mass is 16.6. The Labute approximate surface area is 97.3 Å². The first-order valence-electron chi connectivity index (χ1n) is 5.21. The first-order valence-corrected chi connectivity index (χ1v) is 5.21. The Hall–Kier alpha value is -2.30. The molecule has 2 aromatic rings. The Kier molecular flexibility index (Phi) is 1.80. The molecule has 0 aromatic carbocycles. The van der Waals surface area contributed by atoms with Crippen molar-refractivity contribution in [1.82, 2.24) is 9.97 Å². The maximum absolute atomic E-state index is 11.1. The zero-order valence-corrected chi connectivity index (χ0v) is 9.39. The average Bonchev–Trinajstić information content (AvgIpc) is 2.44. The molecule has 1 aliphatic carbocycles. The largest absolute Gasteiger partial charge is 0.288 e. The highest BCUT2D eigenvalue weighted by Crippen LogP contribution is 2.49. The van der Waals surface area contributed by atoms with Gasteiger partial charge in [-0.2, -0.15) is 0 Å². The van der Waals surface area contributed by atoms with E-state index in [0.29, 0.717) is 11.1 Å². The van der Waals surface area contributed by atoms with Crippen molar-refractivity contribution < 1.29 is 4.92 Å². The number of hydrogen-bond donors (Lipinski definition) is 0. The zero-order chi connectivity index (χ0) is 12.2. The first-order chi connectivity index (χ1) is 8.09.